The lowest BCUT2D eigenvalue weighted by atomic mass is 10.3. The summed E-state index contributed by atoms with van der Waals surface area (Å²) in [5.41, 5.74) is 1.65. The molecule has 0 aromatic heterocycles. The fraction of sp³-hybridized carbons (Fsp3) is 0.667. The van der Waals surface area contributed by atoms with Gasteiger partial charge in [0.25, 0.3) is 0 Å². The van der Waals surface area contributed by atoms with Crippen molar-refractivity contribution in [1.29, 1.82) is 0 Å². The molecule has 1 unspecified atom stereocenters. The van der Waals surface area contributed by atoms with Crippen molar-refractivity contribution in [3.8, 4) is 0 Å². The average molecular weight is 242 g/mol. The van der Waals surface area contributed by atoms with Gasteiger partial charge >= 0.3 is 5.97 Å². The maximum Gasteiger partial charge on any atom is 0.339 e. The van der Waals surface area contributed by atoms with Gasteiger partial charge in [-0.2, -0.15) is 0 Å². The van der Waals surface area contributed by atoms with Crippen molar-refractivity contribution in [3.63, 3.8) is 0 Å². The first-order valence-corrected chi connectivity index (χ1v) is 4.51. The number of carbonyl (C=O) groups is 1. The lowest BCUT2D eigenvalue weighted by Gasteiger charge is -2.30. The van der Waals surface area contributed by atoms with Crippen LogP contribution in [0.3, 0.4) is 0 Å². The maximum absolute atomic E-state index is 11.2. The number of nitrogens with zero attached hydrogens (tertiary/aromatic N) is 1. The predicted molar refractivity (Wildman–Crippen MR) is 53.2 cm³/mol. The molecule has 0 saturated heterocycles. The summed E-state index contributed by atoms with van der Waals surface area (Å²) in [4.78, 5) is 11.2. The van der Waals surface area contributed by atoms with Crippen LogP contribution in [0, 0.1) is 0 Å². The van der Waals surface area contributed by atoms with E-state index in [-0.39, 0.29) is 24.6 Å². The number of rotatable bonds is 3. The van der Waals surface area contributed by atoms with Crippen molar-refractivity contribution in [1.82, 2.24) is 0 Å². The van der Waals surface area contributed by atoms with E-state index in [0.717, 1.165) is 0 Å². The highest BCUT2D eigenvalue weighted by Gasteiger charge is 2.22. The van der Waals surface area contributed by atoms with Crippen molar-refractivity contribution < 1.29 is 26.4 Å². The Morgan fingerprint density at radius 1 is 1.43 bits per heavy atom. The van der Waals surface area contributed by atoms with Crippen molar-refractivity contribution in [2.75, 3.05) is 21.1 Å². The quantitative estimate of drug-likeness (QED) is 0.267. The molecule has 0 bridgehead atoms. The lowest BCUT2D eigenvalue weighted by Crippen LogP contribution is -3.00. The van der Waals surface area contributed by atoms with Crippen LogP contribution in [0.4, 0.5) is 0 Å². The van der Waals surface area contributed by atoms with E-state index in [1.54, 1.807) is 6.92 Å². The van der Waals surface area contributed by atoms with Crippen LogP contribution in [-0.4, -0.2) is 37.8 Å². The van der Waals surface area contributed by atoms with Crippen LogP contribution in [0.5, 0.6) is 0 Å². The van der Waals surface area contributed by atoms with Gasteiger partial charge in [-0.3, -0.25) is 4.48 Å². The highest BCUT2D eigenvalue weighted by molar-refractivity contribution is 6.27. The summed E-state index contributed by atoms with van der Waals surface area (Å²) in [5, 5.41) is 0. The molecule has 0 aromatic rings. The number of hydrogen-bond acceptors (Lipinski definition) is 2. The normalized spacial score (nSPS) is 14.3. The SMILES string of the molecule is CC(=CCl)C(=O)OC(C)[N+](C)(C)C.[Cl-]. The third-order valence-electron chi connectivity index (χ3n) is 1.85. The van der Waals surface area contributed by atoms with E-state index < -0.39 is 0 Å². The van der Waals surface area contributed by atoms with Crippen molar-refractivity contribution in [3.05, 3.63) is 11.1 Å². The van der Waals surface area contributed by atoms with Crippen LogP contribution in [0.15, 0.2) is 11.1 Å². The Morgan fingerprint density at radius 3 is 2.14 bits per heavy atom. The van der Waals surface area contributed by atoms with Crippen LogP contribution in [0.25, 0.3) is 0 Å². The van der Waals surface area contributed by atoms with Crippen LogP contribution in [-0.2, 0) is 9.53 Å². The number of hydrogen-bond donors (Lipinski definition) is 0. The Hall–Kier alpha value is -0.250. The molecule has 0 radical (unpaired) electrons. The first-order valence-electron chi connectivity index (χ1n) is 4.08. The van der Waals surface area contributed by atoms with E-state index >= 15 is 0 Å². The van der Waals surface area contributed by atoms with Crippen LogP contribution in [0.1, 0.15) is 13.8 Å². The topological polar surface area (TPSA) is 26.3 Å². The molecule has 0 N–H and O–H groups in total. The first kappa shape index (κ1) is 16.2. The fourth-order valence-electron chi connectivity index (χ4n) is 0.451. The molecule has 0 fully saturated rings. The molecule has 1 atom stereocenters. The van der Waals surface area contributed by atoms with Gasteiger partial charge < -0.3 is 17.1 Å². The van der Waals surface area contributed by atoms with E-state index in [0.29, 0.717) is 10.1 Å². The average Bonchev–Trinajstić information content (AvgIpc) is 2.01. The van der Waals surface area contributed by atoms with E-state index in [4.69, 9.17) is 16.3 Å². The summed E-state index contributed by atoms with van der Waals surface area (Å²) < 4.78 is 5.72. The molecule has 0 rings (SSSR count). The zero-order valence-electron chi connectivity index (χ0n) is 9.17. The summed E-state index contributed by atoms with van der Waals surface area (Å²) in [7, 11) is 5.87. The minimum atomic E-state index is -0.365. The Morgan fingerprint density at radius 2 is 1.86 bits per heavy atom. The number of halogens is 2. The minimum Gasteiger partial charge on any atom is -1.00 e. The van der Waals surface area contributed by atoms with Gasteiger partial charge in [0.2, 0.25) is 6.23 Å². The summed E-state index contributed by atoms with van der Waals surface area (Å²) in [6, 6.07) is 0. The molecule has 0 saturated carbocycles. The van der Waals surface area contributed by atoms with Crippen molar-refractivity contribution in [2.24, 2.45) is 0 Å². The standard InChI is InChI=1S/C9H17ClNO2.ClH/c1-7(6-10)9(12)13-8(2)11(3,4)5;/h6,8H,1-5H3;1H/q+1;/p-1. The number of esters is 1. The highest BCUT2D eigenvalue weighted by Crippen LogP contribution is 2.07. The van der Waals surface area contributed by atoms with Crippen LogP contribution < -0.4 is 12.4 Å². The third-order valence-corrected chi connectivity index (χ3v) is 2.18. The van der Waals surface area contributed by atoms with E-state index in [9.17, 15) is 4.79 Å². The summed E-state index contributed by atoms with van der Waals surface area (Å²) in [6.07, 6.45) is -0.181. The molecular formula is C9H17Cl2NO2. The monoisotopic (exact) mass is 241 g/mol. The Balaban J connectivity index is 0. The maximum atomic E-state index is 11.2. The van der Waals surface area contributed by atoms with Gasteiger partial charge in [-0.05, 0) is 6.92 Å². The molecule has 3 nitrogen and oxygen atoms in total. The van der Waals surface area contributed by atoms with Gasteiger partial charge in [-0.1, -0.05) is 11.6 Å². The number of carbonyl (C=O) groups excluding carboxylic acids is 1. The molecule has 0 aliphatic heterocycles. The largest absolute Gasteiger partial charge is 1.00 e. The molecule has 0 aliphatic rings. The van der Waals surface area contributed by atoms with Gasteiger partial charge in [-0.15, -0.1) is 0 Å². The van der Waals surface area contributed by atoms with Gasteiger partial charge in [0.05, 0.1) is 21.1 Å². The van der Waals surface area contributed by atoms with Gasteiger partial charge in [0.1, 0.15) is 0 Å². The summed E-state index contributed by atoms with van der Waals surface area (Å²) in [5.74, 6) is -0.365. The van der Waals surface area contributed by atoms with Crippen LogP contribution >= 0.6 is 11.6 Å². The zero-order valence-corrected chi connectivity index (χ0v) is 10.7. The van der Waals surface area contributed by atoms with Gasteiger partial charge in [0, 0.05) is 18.0 Å². The molecule has 0 aromatic carbocycles. The summed E-state index contributed by atoms with van der Waals surface area (Å²) >= 11 is 5.38. The zero-order chi connectivity index (χ0) is 10.6. The minimum absolute atomic E-state index is 0. The molecule has 5 heteroatoms. The molecule has 0 heterocycles. The Kier molecular flexibility index (Phi) is 7.26. The van der Waals surface area contributed by atoms with E-state index in [1.807, 2.05) is 28.1 Å². The second-order valence-electron chi connectivity index (χ2n) is 3.91. The summed E-state index contributed by atoms with van der Waals surface area (Å²) in [6.45, 7) is 3.47. The molecule has 0 aliphatic carbocycles. The number of quaternary nitrogens is 1. The number of ether oxygens (including phenoxy) is 1. The van der Waals surface area contributed by atoms with Gasteiger partial charge in [-0.25, -0.2) is 4.79 Å². The van der Waals surface area contributed by atoms with Crippen molar-refractivity contribution in [2.45, 2.75) is 20.1 Å². The Labute approximate surface area is 96.7 Å². The van der Waals surface area contributed by atoms with E-state index in [2.05, 4.69) is 0 Å². The smallest absolute Gasteiger partial charge is 0.339 e. The van der Waals surface area contributed by atoms with Crippen LogP contribution in [0.2, 0.25) is 0 Å². The van der Waals surface area contributed by atoms with Gasteiger partial charge in [0.15, 0.2) is 0 Å². The first-order chi connectivity index (χ1) is 5.79. The lowest BCUT2D eigenvalue weighted by molar-refractivity contribution is -0.914. The second-order valence-corrected chi connectivity index (χ2v) is 4.13. The second kappa shape index (κ2) is 6.27. The molecule has 14 heavy (non-hydrogen) atoms. The predicted octanol–water partition coefficient (Wildman–Crippen LogP) is -1.27. The molecular weight excluding hydrogens is 225 g/mol. The van der Waals surface area contributed by atoms with E-state index in [1.165, 1.54) is 5.54 Å². The van der Waals surface area contributed by atoms with Crippen molar-refractivity contribution >= 4 is 17.6 Å². The molecule has 84 valence electrons. The molecule has 0 amide bonds. The fourth-order valence-corrected chi connectivity index (χ4v) is 0.540. The Bertz CT molecular complexity index is 221. The highest BCUT2D eigenvalue weighted by atomic mass is 35.5. The molecule has 0 spiro atoms. The third kappa shape index (κ3) is 5.47.